The van der Waals surface area contributed by atoms with Crippen LogP contribution in [-0.4, -0.2) is 27.5 Å². The van der Waals surface area contributed by atoms with Gasteiger partial charge in [-0.3, -0.25) is 0 Å². The maximum Gasteiger partial charge on any atom is 0.416 e. The van der Waals surface area contributed by atoms with Crippen molar-refractivity contribution in [2.75, 3.05) is 13.1 Å². The van der Waals surface area contributed by atoms with Gasteiger partial charge in [-0.05, 0) is 43.4 Å². The highest BCUT2D eigenvalue weighted by molar-refractivity contribution is 7.91. The van der Waals surface area contributed by atoms with E-state index in [1.54, 1.807) is 6.07 Å². The summed E-state index contributed by atoms with van der Waals surface area (Å²) < 4.78 is 70.0. The first-order valence-electron chi connectivity index (χ1n) is 8.65. The molecule has 1 fully saturated rings. The molecule has 2 aliphatic rings. The van der Waals surface area contributed by atoms with Crippen LogP contribution < -0.4 is 5.32 Å². The first-order valence-corrected chi connectivity index (χ1v) is 10.1. The molecule has 148 valence electrons. The molecule has 0 radical (unpaired) electrons. The molecule has 4 rings (SSSR count). The maximum absolute atomic E-state index is 13.1. The molecule has 9 heteroatoms. The zero-order valence-corrected chi connectivity index (χ0v) is 15.4. The Hall–Kier alpha value is -2.39. The number of benzene rings is 2. The second-order valence-electron chi connectivity index (χ2n) is 6.84. The normalized spacial score (nSPS) is 18.8. The van der Waals surface area contributed by atoms with Gasteiger partial charge in [0.2, 0.25) is 9.84 Å². The quantitative estimate of drug-likeness (QED) is 0.768. The topological polar surface area (TPSA) is 72.5 Å². The summed E-state index contributed by atoms with van der Waals surface area (Å²) in [4.78, 5) is 12.0. The van der Waals surface area contributed by atoms with E-state index in [9.17, 15) is 26.4 Å². The van der Waals surface area contributed by atoms with Gasteiger partial charge in [-0.1, -0.05) is 12.1 Å². The van der Waals surface area contributed by atoms with Gasteiger partial charge in [0.1, 0.15) is 5.60 Å². The fraction of sp³-hybridized carbons (Fsp3) is 0.316. The third-order valence-corrected chi connectivity index (χ3v) is 7.01. The summed E-state index contributed by atoms with van der Waals surface area (Å²) in [5, 5.41) is 3.17. The van der Waals surface area contributed by atoms with Crippen LogP contribution in [0.5, 0.6) is 0 Å². The van der Waals surface area contributed by atoms with E-state index >= 15 is 0 Å². The second-order valence-corrected chi connectivity index (χ2v) is 8.76. The van der Waals surface area contributed by atoms with Crippen molar-refractivity contribution in [1.82, 2.24) is 5.32 Å². The van der Waals surface area contributed by atoms with E-state index in [-0.39, 0.29) is 15.4 Å². The lowest BCUT2D eigenvalue weighted by molar-refractivity contribution is -0.137. The lowest BCUT2D eigenvalue weighted by atomic mass is 9.84. The van der Waals surface area contributed by atoms with Crippen molar-refractivity contribution in [3.63, 3.8) is 0 Å². The Labute approximate surface area is 159 Å². The third kappa shape index (κ3) is 2.89. The summed E-state index contributed by atoms with van der Waals surface area (Å²) >= 11 is 0. The smallest absolute Gasteiger partial charge is 0.416 e. The molecule has 28 heavy (non-hydrogen) atoms. The van der Waals surface area contributed by atoms with Crippen LogP contribution in [0.1, 0.15) is 34.3 Å². The fourth-order valence-electron chi connectivity index (χ4n) is 3.78. The van der Waals surface area contributed by atoms with E-state index in [1.165, 1.54) is 12.1 Å². The summed E-state index contributed by atoms with van der Waals surface area (Å²) in [6.45, 7) is 1.26. The van der Waals surface area contributed by atoms with Crippen molar-refractivity contribution in [1.29, 1.82) is 0 Å². The molecule has 2 aromatic carbocycles. The van der Waals surface area contributed by atoms with E-state index < -0.39 is 33.1 Å². The highest BCUT2D eigenvalue weighted by Crippen LogP contribution is 2.45. The largest absolute Gasteiger partial charge is 0.450 e. The number of esters is 1. The molecule has 2 aliphatic heterocycles. The SMILES string of the molecule is O=C1OC2(CCNCC2)c2cccc(S(=O)(=O)c3ccc(C(F)(F)F)cc3)c21. The van der Waals surface area contributed by atoms with E-state index in [4.69, 9.17) is 4.74 Å². The molecule has 1 N–H and O–H groups in total. The summed E-state index contributed by atoms with van der Waals surface area (Å²) in [5.41, 5.74) is -1.31. The highest BCUT2D eigenvalue weighted by Gasteiger charge is 2.48. The molecular formula is C19H16F3NO4S. The zero-order valence-electron chi connectivity index (χ0n) is 14.5. The van der Waals surface area contributed by atoms with Gasteiger partial charge in [-0.2, -0.15) is 13.2 Å². The molecule has 0 aromatic heterocycles. The number of fused-ring (bicyclic) bond motifs is 2. The van der Waals surface area contributed by atoms with Gasteiger partial charge < -0.3 is 10.1 Å². The van der Waals surface area contributed by atoms with E-state index in [1.807, 2.05) is 0 Å². The van der Waals surface area contributed by atoms with Crippen LogP contribution in [0.15, 0.2) is 52.3 Å². The monoisotopic (exact) mass is 411 g/mol. The van der Waals surface area contributed by atoms with Gasteiger partial charge in [0.25, 0.3) is 0 Å². The van der Waals surface area contributed by atoms with Crippen molar-refractivity contribution in [2.24, 2.45) is 0 Å². The number of nitrogens with one attached hydrogen (secondary N) is 1. The molecule has 0 unspecified atom stereocenters. The summed E-state index contributed by atoms with van der Waals surface area (Å²) in [6.07, 6.45) is -3.52. The first kappa shape index (κ1) is 18.9. The zero-order chi connectivity index (χ0) is 20.2. The maximum atomic E-state index is 13.1. The van der Waals surface area contributed by atoms with Crippen LogP contribution in [-0.2, 0) is 26.4 Å². The minimum absolute atomic E-state index is 0.0238. The number of hydrogen-bond acceptors (Lipinski definition) is 5. The minimum atomic E-state index is -4.57. The van der Waals surface area contributed by atoms with Gasteiger partial charge in [0.05, 0.1) is 20.9 Å². The molecular weight excluding hydrogens is 395 g/mol. The van der Waals surface area contributed by atoms with Crippen molar-refractivity contribution >= 4 is 15.8 Å². The second kappa shape index (κ2) is 6.31. The number of piperidine rings is 1. The van der Waals surface area contributed by atoms with Crippen LogP contribution in [0.4, 0.5) is 13.2 Å². The predicted molar refractivity (Wildman–Crippen MR) is 92.5 cm³/mol. The molecule has 0 saturated carbocycles. The Bertz CT molecular complexity index is 1040. The van der Waals surface area contributed by atoms with Gasteiger partial charge in [-0.15, -0.1) is 0 Å². The number of carbonyl (C=O) groups is 1. The number of hydrogen-bond donors (Lipinski definition) is 1. The van der Waals surface area contributed by atoms with E-state index in [0.717, 1.165) is 12.1 Å². The third-order valence-electron chi connectivity index (χ3n) is 5.20. The Morgan fingerprint density at radius 1 is 1.00 bits per heavy atom. The average molecular weight is 411 g/mol. The summed E-state index contributed by atoms with van der Waals surface area (Å²) in [6, 6.07) is 7.72. The van der Waals surface area contributed by atoms with Crippen LogP contribution in [0.2, 0.25) is 0 Å². The number of halogens is 3. The Balaban J connectivity index is 1.81. The molecule has 1 saturated heterocycles. The number of ether oxygens (including phenoxy) is 1. The van der Waals surface area contributed by atoms with E-state index in [2.05, 4.69) is 5.32 Å². The van der Waals surface area contributed by atoms with Crippen LogP contribution >= 0.6 is 0 Å². The van der Waals surface area contributed by atoms with Crippen molar-refractivity contribution in [3.8, 4) is 0 Å². The molecule has 0 atom stereocenters. The lowest BCUT2D eigenvalue weighted by Gasteiger charge is -2.33. The first-order chi connectivity index (χ1) is 13.2. The predicted octanol–water partition coefficient (Wildman–Crippen LogP) is 3.29. The van der Waals surface area contributed by atoms with Gasteiger partial charge >= 0.3 is 12.1 Å². The number of rotatable bonds is 2. The van der Waals surface area contributed by atoms with Crippen molar-refractivity contribution in [3.05, 3.63) is 59.2 Å². The summed E-state index contributed by atoms with van der Waals surface area (Å²) in [5.74, 6) is -0.719. The molecule has 5 nitrogen and oxygen atoms in total. The molecule has 1 spiro atoms. The van der Waals surface area contributed by atoms with Crippen LogP contribution in [0, 0.1) is 0 Å². The Kier molecular flexibility index (Phi) is 4.27. The summed E-state index contributed by atoms with van der Waals surface area (Å²) in [7, 11) is -4.20. The Morgan fingerprint density at radius 2 is 1.64 bits per heavy atom. The number of carbonyl (C=O) groups excluding carboxylic acids is 1. The minimum Gasteiger partial charge on any atom is -0.450 e. The average Bonchev–Trinajstić information content (AvgIpc) is 2.93. The van der Waals surface area contributed by atoms with Crippen molar-refractivity contribution < 1.29 is 31.1 Å². The molecule has 2 aromatic rings. The molecule has 0 aliphatic carbocycles. The number of alkyl halides is 3. The lowest BCUT2D eigenvalue weighted by Crippen LogP contribution is -2.39. The molecule has 0 amide bonds. The highest BCUT2D eigenvalue weighted by atomic mass is 32.2. The van der Waals surface area contributed by atoms with E-state index in [0.29, 0.717) is 43.6 Å². The standard InChI is InChI=1S/C19H16F3NO4S/c20-19(21,22)12-4-6-13(7-5-12)28(25,26)15-3-1-2-14-16(15)17(24)27-18(14)8-10-23-11-9-18/h1-7,23H,8-11H2. The van der Waals surface area contributed by atoms with Gasteiger partial charge in [-0.25, -0.2) is 13.2 Å². The van der Waals surface area contributed by atoms with Crippen molar-refractivity contribution in [2.45, 2.75) is 34.4 Å². The molecule has 2 heterocycles. The fourth-order valence-corrected chi connectivity index (χ4v) is 5.25. The molecule has 0 bridgehead atoms. The number of sulfone groups is 1. The van der Waals surface area contributed by atoms with Crippen LogP contribution in [0.25, 0.3) is 0 Å². The van der Waals surface area contributed by atoms with Crippen LogP contribution in [0.3, 0.4) is 0 Å². The van der Waals surface area contributed by atoms with Gasteiger partial charge in [0.15, 0.2) is 0 Å². The Morgan fingerprint density at radius 3 is 2.25 bits per heavy atom. The van der Waals surface area contributed by atoms with Gasteiger partial charge in [0, 0.05) is 18.4 Å².